The molecule has 1 N–H and O–H groups in total. The van der Waals surface area contributed by atoms with Gasteiger partial charge in [-0.05, 0) is 19.3 Å². The maximum atomic E-state index is 10.7. The molecule has 5 heteroatoms. The molecule has 0 radical (unpaired) electrons. The molecular formula is C11H19N3O2. The Kier molecular flexibility index (Phi) is 3.67. The Morgan fingerprint density at radius 3 is 2.69 bits per heavy atom. The molecule has 1 aromatic rings. The Morgan fingerprint density at radius 2 is 2.19 bits per heavy atom. The van der Waals surface area contributed by atoms with E-state index in [9.17, 15) is 4.79 Å². The van der Waals surface area contributed by atoms with Crippen molar-refractivity contribution in [2.24, 2.45) is 5.41 Å². The minimum atomic E-state index is -0.777. The second kappa shape index (κ2) is 4.63. The summed E-state index contributed by atoms with van der Waals surface area (Å²) in [6.07, 6.45) is 2.28. The van der Waals surface area contributed by atoms with E-state index in [1.165, 1.54) is 6.33 Å². The van der Waals surface area contributed by atoms with Crippen molar-refractivity contribution >= 4 is 5.97 Å². The van der Waals surface area contributed by atoms with Crippen LogP contribution in [0.25, 0.3) is 0 Å². The van der Waals surface area contributed by atoms with Crippen LogP contribution in [0, 0.1) is 5.41 Å². The minimum absolute atomic E-state index is 0.137. The zero-order valence-corrected chi connectivity index (χ0v) is 10.3. The van der Waals surface area contributed by atoms with Gasteiger partial charge in [0.15, 0.2) is 0 Å². The van der Waals surface area contributed by atoms with Crippen molar-refractivity contribution in [3.05, 3.63) is 12.2 Å². The van der Waals surface area contributed by atoms with Crippen LogP contribution in [0.4, 0.5) is 0 Å². The SMILES string of the molecule is CC(C)n1ncnc1CC(C)(C)CC(=O)O. The van der Waals surface area contributed by atoms with Gasteiger partial charge in [0.1, 0.15) is 12.2 Å². The van der Waals surface area contributed by atoms with Crippen LogP contribution < -0.4 is 0 Å². The van der Waals surface area contributed by atoms with E-state index in [0.717, 1.165) is 5.82 Å². The summed E-state index contributed by atoms with van der Waals surface area (Å²) >= 11 is 0. The fourth-order valence-corrected chi connectivity index (χ4v) is 1.73. The van der Waals surface area contributed by atoms with Gasteiger partial charge in [0, 0.05) is 12.5 Å². The Balaban J connectivity index is 2.79. The highest BCUT2D eigenvalue weighted by Gasteiger charge is 2.25. The molecule has 0 aliphatic rings. The normalized spacial score (nSPS) is 12.1. The third kappa shape index (κ3) is 3.32. The van der Waals surface area contributed by atoms with Crippen LogP contribution in [0.3, 0.4) is 0 Å². The fraction of sp³-hybridized carbons (Fsp3) is 0.727. The third-order valence-corrected chi connectivity index (χ3v) is 2.40. The first-order chi connectivity index (χ1) is 7.32. The molecule has 0 saturated carbocycles. The molecule has 0 unspecified atom stereocenters. The highest BCUT2D eigenvalue weighted by Crippen LogP contribution is 2.25. The number of carboxylic acids is 1. The summed E-state index contributed by atoms with van der Waals surface area (Å²) in [5, 5.41) is 13.0. The molecule has 0 bridgehead atoms. The van der Waals surface area contributed by atoms with Gasteiger partial charge in [-0.15, -0.1) is 0 Å². The van der Waals surface area contributed by atoms with Crippen LogP contribution in [-0.2, 0) is 11.2 Å². The summed E-state index contributed by atoms with van der Waals surface area (Å²) in [7, 11) is 0. The van der Waals surface area contributed by atoms with Gasteiger partial charge in [-0.2, -0.15) is 5.10 Å². The average Bonchev–Trinajstić information content (AvgIpc) is 2.48. The largest absolute Gasteiger partial charge is 0.481 e. The van der Waals surface area contributed by atoms with E-state index in [0.29, 0.717) is 6.42 Å². The summed E-state index contributed by atoms with van der Waals surface area (Å²) in [6, 6.07) is 0.248. The monoisotopic (exact) mass is 225 g/mol. The Labute approximate surface area is 95.5 Å². The number of hydrogen-bond donors (Lipinski definition) is 1. The van der Waals surface area contributed by atoms with Crippen molar-refractivity contribution < 1.29 is 9.90 Å². The second-order valence-corrected chi connectivity index (χ2v) is 5.13. The van der Waals surface area contributed by atoms with Crippen LogP contribution >= 0.6 is 0 Å². The first-order valence-corrected chi connectivity index (χ1v) is 5.42. The molecule has 0 saturated heterocycles. The van der Waals surface area contributed by atoms with Crippen LogP contribution in [0.15, 0.2) is 6.33 Å². The van der Waals surface area contributed by atoms with Gasteiger partial charge in [0.25, 0.3) is 0 Å². The summed E-state index contributed by atoms with van der Waals surface area (Å²) < 4.78 is 1.84. The molecule has 1 rings (SSSR count). The van der Waals surface area contributed by atoms with Gasteiger partial charge in [0.2, 0.25) is 0 Å². The Bertz CT molecular complexity index is 369. The molecule has 1 heterocycles. The minimum Gasteiger partial charge on any atom is -0.481 e. The van der Waals surface area contributed by atoms with Gasteiger partial charge in [-0.3, -0.25) is 4.79 Å². The van der Waals surface area contributed by atoms with E-state index in [-0.39, 0.29) is 17.9 Å². The van der Waals surface area contributed by atoms with Crippen LogP contribution in [0.2, 0.25) is 0 Å². The van der Waals surface area contributed by atoms with Crippen molar-refractivity contribution in [3.63, 3.8) is 0 Å². The van der Waals surface area contributed by atoms with Crippen LogP contribution in [0.1, 0.15) is 46.0 Å². The van der Waals surface area contributed by atoms with Crippen molar-refractivity contribution in [1.82, 2.24) is 14.8 Å². The molecular weight excluding hydrogens is 206 g/mol. The quantitative estimate of drug-likeness (QED) is 0.831. The van der Waals surface area contributed by atoms with E-state index in [4.69, 9.17) is 5.11 Å². The first kappa shape index (κ1) is 12.7. The lowest BCUT2D eigenvalue weighted by molar-refractivity contribution is -0.139. The molecule has 0 atom stereocenters. The zero-order chi connectivity index (χ0) is 12.3. The maximum absolute atomic E-state index is 10.7. The summed E-state index contributed by atoms with van der Waals surface area (Å²) in [5.41, 5.74) is -0.300. The smallest absolute Gasteiger partial charge is 0.303 e. The number of rotatable bonds is 5. The molecule has 0 amide bonds. The number of aliphatic carboxylic acids is 1. The van der Waals surface area contributed by atoms with Gasteiger partial charge < -0.3 is 5.11 Å². The van der Waals surface area contributed by atoms with E-state index >= 15 is 0 Å². The molecule has 90 valence electrons. The summed E-state index contributed by atoms with van der Waals surface area (Å²) in [5.74, 6) is 0.0712. The average molecular weight is 225 g/mol. The number of carbonyl (C=O) groups is 1. The Morgan fingerprint density at radius 1 is 1.56 bits per heavy atom. The number of aromatic nitrogens is 3. The number of hydrogen-bond acceptors (Lipinski definition) is 3. The van der Waals surface area contributed by atoms with Crippen molar-refractivity contribution in [2.75, 3.05) is 0 Å². The molecule has 16 heavy (non-hydrogen) atoms. The van der Waals surface area contributed by atoms with E-state index < -0.39 is 5.97 Å². The van der Waals surface area contributed by atoms with Crippen LogP contribution in [0.5, 0.6) is 0 Å². The Hall–Kier alpha value is -1.39. The predicted molar refractivity (Wildman–Crippen MR) is 60.1 cm³/mol. The van der Waals surface area contributed by atoms with Crippen molar-refractivity contribution in [3.8, 4) is 0 Å². The highest BCUT2D eigenvalue weighted by molar-refractivity contribution is 5.67. The number of carboxylic acid groups (broad SMARTS) is 1. The first-order valence-electron chi connectivity index (χ1n) is 5.42. The molecule has 0 fully saturated rings. The molecule has 0 aliphatic carbocycles. The zero-order valence-electron chi connectivity index (χ0n) is 10.3. The van der Waals surface area contributed by atoms with Gasteiger partial charge >= 0.3 is 5.97 Å². The van der Waals surface area contributed by atoms with Gasteiger partial charge in [0.05, 0.1) is 6.42 Å². The third-order valence-electron chi connectivity index (χ3n) is 2.40. The van der Waals surface area contributed by atoms with E-state index in [1.807, 2.05) is 32.4 Å². The summed E-state index contributed by atoms with van der Waals surface area (Å²) in [6.45, 7) is 7.92. The van der Waals surface area contributed by atoms with Crippen molar-refractivity contribution in [1.29, 1.82) is 0 Å². The van der Waals surface area contributed by atoms with Gasteiger partial charge in [-0.25, -0.2) is 9.67 Å². The van der Waals surface area contributed by atoms with Gasteiger partial charge in [-0.1, -0.05) is 13.8 Å². The lowest BCUT2D eigenvalue weighted by atomic mass is 9.85. The fourth-order valence-electron chi connectivity index (χ4n) is 1.73. The molecule has 0 aliphatic heterocycles. The standard InChI is InChI=1S/C11H19N3O2/c1-8(2)14-9(12-7-13-14)5-11(3,4)6-10(15)16/h7-8H,5-6H2,1-4H3,(H,15,16). The molecule has 5 nitrogen and oxygen atoms in total. The molecule has 0 spiro atoms. The van der Waals surface area contributed by atoms with Crippen molar-refractivity contribution in [2.45, 2.75) is 46.6 Å². The van der Waals surface area contributed by atoms with Crippen LogP contribution in [-0.4, -0.2) is 25.8 Å². The van der Waals surface area contributed by atoms with E-state index in [2.05, 4.69) is 10.1 Å². The predicted octanol–water partition coefficient (Wildman–Crippen LogP) is 1.90. The lowest BCUT2D eigenvalue weighted by Crippen LogP contribution is -2.22. The molecule has 0 aromatic carbocycles. The molecule has 1 aromatic heterocycles. The highest BCUT2D eigenvalue weighted by atomic mass is 16.4. The topological polar surface area (TPSA) is 68.0 Å². The number of nitrogens with zero attached hydrogens (tertiary/aromatic N) is 3. The second-order valence-electron chi connectivity index (χ2n) is 5.13. The maximum Gasteiger partial charge on any atom is 0.303 e. The summed E-state index contributed by atoms with van der Waals surface area (Å²) in [4.78, 5) is 14.9. The van der Waals surface area contributed by atoms with E-state index in [1.54, 1.807) is 0 Å². The lowest BCUT2D eigenvalue weighted by Gasteiger charge is -2.22.